The van der Waals surface area contributed by atoms with Crippen LogP contribution in [-0.4, -0.2) is 34.6 Å². The molecule has 4 heteroatoms. The van der Waals surface area contributed by atoms with E-state index in [1.165, 1.54) is 35.9 Å². The Hall–Kier alpha value is -0.480. The molecule has 82 valence electrons. The van der Waals surface area contributed by atoms with Crippen molar-refractivity contribution in [3.05, 3.63) is 17.7 Å². The molecule has 0 saturated carbocycles. The minimum atomic E-state index is 0.618. The minimum absolute atomic E-state index is 0.618. The summed E-state index contributed by atoms with van der Waals surface area (Å²) in [4.78, 5) is 8.07. The Morgan fingerprint density at radius 2 is 2.33 bits per heavy atom. The number of nitrogens with one attached hydrogen (secondary N) is 2. The first kappa shape index (κ1) is 9.73. The molecule has 2 unspecified atom stereocenters. The average molecular weight is 223 g/mol. The Balaban J connectivity index is 1.74. The zero-order chi connectivity index (χ0) is 10.1. The number of H-pyrrole nitrogens is 1. The first-order valence-electron chi connectivity index (χ1n) is 5.77. The maximum Gasteiger partial charge on any atom is 0.110 e. The van der Waals surface area contributed by atoms with E-state index in [-0.39, 0.29) is 0 Å². The van der Waals surface area contributed by atoms with Crippen LogP contribution in [0.5, 0.6) is 0 Å². The van der Waals surface area contributed by atoms with Crippen molar-refractivity contribution in [1.82, 2.24) is 15.3 Å². The molecule has 2 atom stereocenters. The number of hydrogen-bond donors (Lipinski definition) is 2. The fraction of sp³-hybridized carbons (Fsp3) is 0.727. The summed E-state index contributed by atoms with van der Waals surface area (Å²) >= 11 is 2.06. The van der Waals surface area contributed by atoms with Gasteiger partial charge >= 0.3 is 0 Å². The Morgan fingerprint density at radius 1 is 1.33 bits per heavy atom. The molecule has 1 aromatic heterocycles. The Bertz CT molecular complexity index is 294. The van der Waals surface area contributed by atoms with Crippen molar-refractivity contribution in [2.75, 3.05) is 24.6 Å². The van der Waals surface area contributed by atoms with Crippen LogP contribution < -0.4 is 5.32 Å². The monoisotopic (exact) mass is 223 g/mol. The van der Waals surface area contributed by atoms with E-state index < -0.39 is 0 Å². The maximum absolute atomic E-state index is 4.54. The second kappa shape index (κ2) is 4.18. The number of thioether (sulfide) groups is 1. The molecule has 2 aliphatic rings. The Morgan fingerprint density at radius 3 is 3.07 bits per heavy atom. The highest BCUT2D eigenvalue weighted by Crippen LogP contribution is 2.32. The highest BCUT2D eigenvalue weighted by atomic mass is 32.2. The van der Waals surface area contributed by atoms with Gasteiger partial charge in [-0.05, 0) is 25.1 Å². The van der Waals surface area contributed by atoms with Crippen molar-refractivity contribution in [3.63, 3.8) is 0 Å². The van der Waals surface area contributed by atoms with Crippen molar-refractivity contribution in [3.8, 4) is 0 Å². The van der Waals surface area contributed by atoms with E-state index >= 15 is 0 Å². The predicted molar refractivity (Wildman–Crippen MR) is 63.5 cm³/mol. The third kappa shape index (κ3) is 1.93. The summed E-state index contributed by atoms with van der Waals surface area (Å²) in [7, 11) is 0. The standard InChI is InChI=1S/C11H17N3S/c1-3-12-5-8(1)11-13-6-10(14-11)9-2-4-15-7-9/h6,8-9,12H,1-5,7H2,(H,13,14). The topological polar surface area (TPSA) is 40.7 Å². The number of aromatic amines is 1. The molecule has 0 bridgehead atoms. The van der Waals surface area contributed by atoms with Gasteiger partial charge in [0.2, 0.25) is 0 Å². The highest BCUT2D eigenvalue weighted by molar-refractivity contribution is 7.99. The lowest BCUT2D eigenvalue weighted by Gasteiger charge is -2.06. The van der Waals surface area contributed by atoms with E-state index in [0.29, 0.717) is 5.92 Å². The maximum atomic E-state index is 4.54. The van der Waals surface area contributed by atoms with Gasteiger partial charge in [0.25, 0.3) is 0 Å². The third-order valence-corrected chi connectivity index (χ3v) is 4.59. The summed E-state index contributed by atoms with van der Waals surface area (Å²) in [6, 6.07) is 0. The summed E-state index contributed by atoms with van der Waals surface area (Å²) in [6.07, 6.45) is 4.60. The summed E-state index contributed by atoms with van der Waals surface area (Å²) in [5.74, 6) is 5.12. The molecule has 1 aromatic rings. The minimum Gasteiger partial charge on any atom is -0.345 e. The molecule has 2 fully saturated rings. The van der Waals surface area contributed by atoms with E-state index in [4.69, 9.17) is 0 Å². The van der Waals surface area contributed by atoms with Gasteiger partial charge in [-0.15, -0.1) is 0 Å². The normalized spacial score (nSPS) is 31.2. The third-order valence-electron chi connectivity index (χ3n) is 3.43. The largest absolute Gasteiger partial charge is 0.345 e. The lowest BCUT2D eigenvalue weighted by atomic mass is 10.1. The second-order valence-electron chi connectivity index (χ2n) is 4.47. The van der Waals surface area contributed by atoms with E-state index in [1.807, 2.05) is 0 Å². The van der Waals surface area contributed by atoms with E-state index in [9.17, 15) is 0 Å². The van der Waals surface area contributed by atoms with Gasteiger partial charge in [-0.2, -0.15) is 11.8 Å². The molecule has 2 N–H and O–H groups in total. The van der Waals surface area contributed by atoms with Crippen LogP contribution in [0.1, 0.15) is 36.2 Å². The first-order valence-corrected chi connectivity index (χ1v) is 6.92. The molecule has 3 rings (SSSR count). The lowest BCUT2D eigenvalue weighted by molar-refractivity contribution is 0.699. The van der Waals surface area contributed by atoms with Crippen LogP contribution >= 0.6 is 11.8 Å². The van der Waals surface area contributed by atoms with Crippen LogP contribution in [0.3, 0.4) is 0 Å². The molecule has 0 amide bonds. The number of hydrogen-bond acceptors (Lipinski definition) is 3. The van der Waals surface area contributed by atoms with Gasteiger partial charge in [0, 0.05) is 36.0 Å². The van der Waals surface area contributed by atoms with Gasteiger partial charge in [0.05, 0.1) is 0 Å². The molecule has 15 heavy (non-hydrogen) atoms. The van der Waals surface area contributed by atoms with Gasteiger partial charge < -0.3 is 10.3 Å². The fourth-order valence-electron chi connectivity index (χ4n) is 2.43. The summed E-state index contributed by atoms with van der Waals surface area (Å²) in [5.41, 5.74) is 1.36. The van der Waals surface area contributed by atoms with E-state index in [1.54, 1.807) is 0 Å². The summed E-state index contributed by atoms with van der Waals surface area (Å²) < 4.78 is 0. The van der Waals surface area contributed by atoms with Crippen LogP contribution in [0, 0.1) is 0 Å². The molecule has 2 aliphatic heterocycles. The number of rotatable bonds is 2. The molecule has 3 nitrogen and oxygen atoms in total. The van der Waals surface area contributed by atoms with Crippen molar-refractivity contribution in [2.45, 2.75) is 24.7 Å². The average Bonchev–Trinajstić information content (AvgIpc) is 3.02. The predicted octanol–water partition coefficient (Wildman–Crippen LogP) is 1.71. The SMILES string of the molecule is c1nc(C2CCNC2)[nH]c1C1CCSC1. The van der Waals surface area contributed by atoms with Crippen molar-refractivity contribution in [1.29, 1.82) is 0 Å². The molecule has 3 heterocycles. The number of aromatic nitrogens is 2. The van der Waals surface area contributed by atoms with Gasteiger partial charge in [0.1, 0.15) is 5.82 Å². The van der Waals surface area contributed by atoms with Crippen molar-refractivity contribution in [2.24, 2.45) is 0 Å². The second-order valence-corrected chi connectivity index (χ2v) is 5.62. The Kier molecular flexibility index (Phi) is 2.71. The first-order chi connectivity index (χ1) is 7.43. The molecule has 0 aromatic carbocycles. The van der Waals surface area contributed by atoms with Crippen LogP contribution in [0.2, 0.25) is 0 Å². The molecular weight excluding hydrogens is 206 g/mol. The van der Waals surface area contributed by atoms with Crippen molar-refractivity contribution >= 4 is 11.8 Å². The van der Waals surface area contributed by atoms with E-state index in [0.717, 1.165) is 19.0 Å². The molecular formula is C11H17N3S. The van der Waals surface area contributed by atoms with E-state index in [2.05, 4.69) is 33.2 Å². The van der Waals surface area contributed by atoms with Gasteiger partial charge in [-0.1, -0.05) is 0 Å². The summed E-state index contributed by atoms with van der Waals surface area (Å²) in [5, 5.41) is 3.39. The molecule has 2 saturated heterocycles. The zero-order valence-electron chi connectivity index (χ0n) is 8.83. The Labute approximate surface area is 94.4 Å². The summed E-state index contributed by atoms with van der Waals surface area (Å²) in [6.45, 7) is 2.23. The highest BCUT2D eigenvalue weighted by Gasteiger charge is 2.23. The van der Waals surface area contributed by atoms with Gasteiger partial charge in [0.15, 0.2) is 0 Å². The lowest BCUT2D eigenvalue weighted by Crippen LogP contribution is -2.09. The quantitative estimate of drug-likeness (QED) is 0.802. The number of imidazole rings is 1. The smallest absolute Gasteiger partial charge is 0.110 e. The van der Waals surface area contributed by atoms with Gasteiger partial charge in [-0.3, -0.25) is 0 Å². The van der Waals surface area contributed by atoms with Crippen molar-refractivity contribution < 1.29 is 0 Å². The molecule has 0 radical (unpaired) electrons. The van der Waals surface area contributed by atoms with Gasteiger partial charge in [-0.25, -0.2) is 4.98 Å². The molecule has 0 spiro atoms. The number of nitrogens with zero attached hydrogens (tertiary/aromatic N) is 1. The van der Waals surface area contributed by atoms with Crippen LogP contribution in [0.15, 0.2) is 6.20 Å². The van der Waals surface area contributed by atoms with Crippen LogP contribution in [-0.2, 0) is 0 Å². The molecule has 0 aliphatic carbocycles. The zero-order valence-corrected chi connectivity index (χ0v) is 9.65. The van der Waals surface area contributed by atoms with Crippen LogP contribution in [0.4, 0.5) is 0 Å². The van der Waals surface area contributed by atoms with Crippen LogP contribution in [0.25, 0.3) is 0 Å². The fourth-order valence-corrected chi connectivity index (χ4v) is 3.68.